The van der Waals surface area contributed by atoms with E-state index in [1.54, 1.807) is 18.2 Å². The molecule has 0 aliphatic rings. The molecule has 8 heteroatoms. The number of benzene rings is 2. The van der Waals surface area contributed by atoms with Gasteiger partial charge in [-0.1, -0.05) is 23.8 Å². The fraction of sp³-hybridized carbons (Fsp3) is 0.105. The average Bonchev–Trinajstić information content (AvgIpc) is 3.36. The molecule has 0 saturated carbocycles. The minimum Gasteiger partial charge on any atom is -0.298 e. The molecule has 4 aromatic rings. The van der Waals surface area contributed by atoms with Crippen LogP contribution in [-0.2, 0) is 0 Å². The maximum Gasteiger partial charge on any atom is 0.257 e. The number of aryl methyl sites for hydroxylation is 2. The van der Waals surface area contributed by atoms with Crippen LogP contribution in [0.25, 0.3) is 16.9 Å². The molecule has 0 radical (unpaired) electrons. The Morgan fingerprint density at radius 3 is 2.85 bits per heavy atom. The van der Waals surface area contributed by atoms with Gasteiger partial charge in [0.1, 0.15) is 6.33 Å². The molecule has 2 aromatic heterocycles. The number of carbonyl (C=O) groups excluding carboxylic acids is 1. The Morgan fingerprint density at radius 1 is 1.15 bits per heavy atom. The molecule has 0 spiro atoms. The number of tetrazole rings is 1. The Morgan fingerprint density at radius 2 is 2.04 bits per heavy atom. The number of hydrogen-bond acceptors (Lipinski definition) is 6. The normalized spacial score (nSPS) is 10.7. The number of amides is 1. The SMILES string of the molecule is Cc1ccc(C)c(-c2csc(NC(=O)c3cccc(-n4cnnn4)c3)n2)c1. The summed E-state index contributed by atoms with van der Waals surface area (Å²) >= 11 is 1.40. The van der Waals surface area contributed by atoms with Crippen molar-refractivity contribution in [2.75, 3.05) is 5.32 Å². The molecule has 7 nitrogen and oxygen atoms in total. The largest absolute Gasteiger partial charge is 0.298 e. The van der Waals surface area contributed by atoms with Crippen molar-refractivity contribution in [3.63, 3.8) is 0 Å². The summed E-state index contributed by atoms with van der Waals surface area (Å²) in [4.78, 5) is 17.2. The van der Waals surface area contributed by atoms with Crippen LogP contribution >= 0.6 is 11.3 Å². The zero-order valence-corrected chi connectivity index (χ0v) is 15.6. The number of anilines is 1. The summed E-state index contributed by atoms with van der Waals surface area (Å²) < 4.78 is 1.50. The van der Waals surface area contributed by atoms with E-state index in [1.807, 2.05) is 11.4 Å². The van der Waals surface area contributed by atoms with E-state index in [9.17, 15) is 4.79 Å². The zero-order chi connectivity index (χ0) is 18.8. The fourth-order valence-corrected chi connectivity index (χ4v) is 3.41. The van der Waals surface area contributed by atoms with E-state index in [-0.39, 0.29) is 5.91 Å². The van der Waals surface area contributed by atoms with E-state index in [2.05, 4.69) is 57.9 Å². The average molecular weight is 376 g/mol. The number of thiazole rings is 1. The third kappa shape index (κ3) is 3.61. The first-order chi connectivity index (χ1) is 13.1. The van der Waals surface area contributed by atoms with Crippen molar-refractivity contribution >= 4 is 22.4 Å². The lowest BCUT2D eigenvalue weighted by atomic mass is 10.0. The second kappa shape index (κ2) is 7.08. The van der Waals surface area contributed by atoms with E-state index in [1.165, 1.54) is 27.9 Å². The van der Waals surface area contributed by atoms with E-state index in [4.69, 9.17) is 0 Å². The third-order valence-corrected chi connectivity index (χ3v) is 4.87. The van der Waals surface area contributed by atoms with Gasteiger partial charge in [0, 0.05) is 16.5 Å². The van der Waals surface area contributed by atoms with Crippen molar-refractivity contribution < 1.29 is 4.79 Å². The Bertz CT molecular complexity index is 1100. The Hall–Kier alpha value is -3.39. The van der Waals surface area contributed by atoms with Crippen molar-refractivity contribution in [2.45, 2.75) is 13.8 Å². The molecule has 1 amide bonds. The number of rotatable bonds is 4. The third-order valence-electron chi connectivity index (χ3n) is 4.12. The number of nitrogens with zero attached hydrogens (tertiary/aromatic N) is 5. The van der Waals surface area contributed by atoms with Gasteiger partial charge in [-0.05, 0) is 54.1 Å². The quantitative estimate of drug-likeness (QED) is 0.587. The Labute approximate surface area is 159 Å². The van der Waals surface area contributed by atoms with Crippen LogP contribution < -0.4 is 5.32 Å². The molecule has 2 heterocycles. The molecule has 0 fully saturated rings. The molecule has 0 unspecified atom stereocenters. The highest BCUT2D eigenvalue weighted by Crippen LogP contribution is 2.28. The van der Waals surface area contributed by atoms with Gasteiger partial charge in [-0.3, -0.25) is 10.1 Å². The van der Waals surface area contributed by atoms with Crippen LogP contribution in [0.3, 0.4) is 0 Å². The van der Waals surface area contributed by atoms with Gasteiger partial charge in [0.15, 0.2) is 5.13 Å². The van der Waals surface area contributed by atoms with Gasteiger partial charge in [0.25, 0.3) is 5.91 Å². The molecule has 1 N–H and O–H groups in total. The van der Waals surface area contributed by atoms with E-state index >= 15 is 0 Å². The van der Waals surface area contributed by atoms with E-state index < -0.39 is 0 Å². The fourth-order valence-electron chi connectivity index (χ4n) is 2.71. The van der Waals surface area contributed by atoms with Crippen LogP contribution in [0, 0.1) is 13.8 Å². The smallest absolute Gasteiger partial charge is 0.257 e. The van der Waals surface area contributed by atoms with Gasteiger partial charge in [0.2, 0.25) is 0 Å². The van der Waals surface area contributed by atoms with Crippen molar-refractivity contribution in [3.05, 3.63) is 70.9 Å². The maximum absolute atomic E-state index is 12.6. The van der Waals surface area contributed by atoms with Crippen molar-refractivity contribution in [1.82, 2.24) is 25.2 Å². The molecule has 27 heavy (non-hydrogen) atoms. The summed E-state index contributed by atoms with van der Waals surface area (Å²) in [5.74, 6) is -0.230. The molecular formula is C19H16N6OS. The summed E-state index contributed by atoms with van der Waals surface area (Å²) in [5, 5.41) is 16.4. The summed E-state index contributed by atoms with van der Waals surface area (Å²) in [6.45, 7) is 4.10. The van der Waals surface area contributed by atoms with Crippen molar-refractivity contribution in [2.24, 2.45) is 0 Å². The monoisotopic (exact) mass is 376 g/mol. The van der Waals surface area contributed by atoms with Crippen LogP contribution in [-0.4, -0.2) is 31.1 Å². The number of hydrogen-bond donors (Lipinski definition) is 1. The molecule has 0 saturated heterocycles. The Kier molecular flexibility index (Phi) is 4.47. The zero-order valence-electron chi connectivity index (χ0n) is 14.7. The van der Waals surface area contributed by atoms with Gasteiger partial charge in [0.05, 0.1) is 11.4 Å². The predicted molar refractivity (Wildman–Crippen MR) is 104 cm³/mol. The van der Waals surface area contributed by atoms with Crippen LogP contribution in [0.15, 0.2) is 54.2 Å². The number of carbonyl (C=O) groups is 1. The van der Waals surface area contributed by atoms with Crippen LogP contribution in [0.2, 0.25) is 0 Å². The van der Waals surface area contributed by atoms with E-state index in [0.717, 1.165) is 16.8 Å². The second-order valence-corrected chi connectivity index (χ2v) is 6.97. The molecule has 0 atom stereocenters. The molecule has 0 aliphatic heterocycles. The molecular weight excluding hydrogens is 360 g/mol. The summed E-state index contributed by atoms with van der Waals surface area (Å²) in [5.41, 5.74) is 5.48. The van der Waals surface area contributed by atoms with E-state index in [0.29, 0.717) is 16.4 Å². The van der Waals surface area contributed by atoms with Gasteiger partial charge in [-0.15, -0.1) is 16.4 Å². The first-order valence-corrected chi connectivity index (χ1v) is 9.16. The van der Waals surface area contributed by atoms with Crippen molar-refractivity contribution in [3.8, 4) is 16.9 Å². The molecule has 0 aliphatic carbocycles. The van der Waals surface area contributed by atoms with Crippen molar-refractivity contribution in [1.29, 1.82) is 0 Å². The van der Waals surface area contributed by atoms with Gasteiger partial charge < -0.3 is 0 Å². The second-order valence-electron chi connectivity index (χ2n) is 6.12. The lowest BCUT2D eigenvalue weighted by molar-refractivity contribution is 0.102. The first-order valence-electron chi connectivity index (χ1n) is 8.28. The molecule has 2 aromatic carbocycles. The first kappa shape index (κ1) is 17.0. The predicted octanol–water partition coefficient (Wildman–Crippen LogP) is 3.65. The lowest BCUT2D eigenvalue weighted by Crippen LogP contribution is -2.12. The van der Waals surface area contributed by atoms with Crippen LogP contribution in [0.4, 0.5) is 5.13 Å². The minimum atomic E-state index is -0.230. The van der Waals surface area contributed by atoms with Gasteiger partial charge >= 0.3 is 0 Å². The van der Waals surface area contributed by atoms with Crippen LogP contribution in [0.1, 0.15) is 21.5 Å². The highest BCUT2D eigenvalue weighted by molar-refractivity contribution is 7.14. The van der Waals surface area contributed by atoms with Gasteiger partial charge in [-0.2, -0.15) is 0 Å². The topological polar surface area (TPSA) is 85.6 Å². The summed E-state index contributed by atoms with van der Waals surface area (Å²) in [6, 6.07) is 13.3. The molecule has 0 bridgehead atoms. The summed E-state index contributed by atoms with van der Waals surface area (Å²) in [7, 11) is 0. The standard InChI is InChI=1S/C19H16N6OS/c1-12-6-7-13(2)16(8-12)17-10-27-19(21-17)22-18(26)14-4-3-5-15(9-14)25-11-20-23-24-25/h3-11H,1-2H3,(H,21,22,26). The van der Waals surface area contributed by atoms with Gasteiger partial charge in [-0.25, -0.2) is 9.67 Å². The minimum absolute atomic E-state index is 0.230. The highest BCUT2D eigenvalue weighted by Gasteiger charge is 2.12. The highest BCUT2D eigenvalue weighted by atomic mass is 32.1. The summed E-state index contributed by atoms with van der Waals surface area (Å²) in [6.07, 6.45) is 1.48. The van der Waals surface area contributed by atoms with Crippen LogP contribution in [0.5, 0.6) is 0 Å². The number of aromatic nitrogens is 5. The lowest BCUT2D eigenvalue weighted by Gasteiger charge is -2.05. The number of nitrogens with one attached hydrogen (secondary N) is 1. The maximum atomic E-state index is 12.6. The molecule has 134 valence electrons. The Balaban J connectivity index is 1.55. The molecule has 4 rings (SSSR count).